The molecule has 1 spiro atoms. The van der Waals surface area contributed by atoms with Crippen molar-refractivity contribution < 1.29 is 17.9 Å². The molecule has 0 radical (unpaired) electrons. The van der Waals surface area contributed by atoms with Gasteiger partial charge in [-0.2, -0.15) is 13.2 Å². The summed E-state index contributed by atoms with van der Waals surface area (Å²) >= 11 is 0. The van der Waals surface area contributed by atoms with E-state index in [1.54, 1.807) is 0 Å². The first-order chi connectivity index (χ1) is 9.97. The lowest BCUT2D eigenvalue weighted by Gasteiger charge is -2.33. The van der Waals surface area contributed by atoms with Gasteiger partial charge in [0.25, 0.3) is 0 Å². The summed E-state index contributed by atoms with van der Waals surface area (Å²) in [4.78, 5) is 3.44. The third-order valence-corrected chi connectivity index (χ3v) is 4.65. The van der Waals surface area contributed by atoms with Crippen LogP contribution in [0.25, 0.3) is 0 Å². The highest BCUT2D eigenvalue weighted by Gasteiger charge is 2.40. The Morgan fingerprint density at radius 3 is 2.50 bits per heavy atom. The van der Waals surface area contributed by atoms with Crippen molar-refractivity contribution in [1.82, 2.24) is 10.3 Å². The van der Waals surface area contributed by atoms with Crippen molar-refractivity contribution in [2.75, 3.05) is 13.1 Å². The van der Waals surface area contributed by atoms with E-state index in [-0.39, 0.29) is 18.5 Å². The zero-order chi connectivity index (χ0) is 14.9. The van der Waals surface area contributed by atoms with Crippen molar-refractivity contribution in [2.45, 2.75) is 44.4 Å². The number of rotatable bonds is 2. The predicted molar refractivity (Wildman–Crippen MR) is 79.3 cm³/mol. The molecule has 0 amide bonds. The molecule has 22 heavy (non-hydrogen) atoms. The molecule has 0 bridgehead atoms. The van der Waals surface area contributed by atoms with Crippen LogP contribution in [0.3, 0.4) is 0 Å². The summed E-state index contributed by atoms with van der Waals surface area (Å²) in [5, 5.41) is 3.36. The third-order valence-electron chi connectivity index (χ3n) is 4.65. The van der Waals surface area contributed by atoms with E-state index in [1.807, 2.05) is 0 Å². The standard InChI is InChI=1S/C15H19F3N2O.ClH/c16-15(17,18)13-2-1-12(10-20-13)21-11-3-4-14(9-11)5-7-19-8-6-14;/h1-2,10-11,19H,3-9H2;1H. The fraction of sp³-hybridized carbons (Fsp3) is 0.667. The Labute approximate surface area is 134 Å². The maximum absolute atomic E-state index is 12.5. The van der Waals surface area contributed by atoms with Gasteiger partial charge >= 0.3 is 6.18 Å². The van der Waals surface area contributed by atoms with Crippen LogP contribution in [0.4, 0.5) is 13.2 Å². The number of ether oxygens (including phenoxy) is 1. The van der Waals surface area contributed by atoms with E-state index in [4.69, 9.17) is 4.74 Å². The molecule has 2 fully saturated rings. The van der Waals surface area contributed by atoms with E-state index in [9.17, 15) is 13.2 Å². The Morgan fingerprint density at radius 1 is 1.18 bits per heavy atom. The van der Waals surface area contributed by atoms with Crippen molar-refractivity contribution in [2.24, 2.45) is 5.41 Å². The van der Waals surface area contributed by atoms with Gasteiger partial charge in [0.05, 0.1) is 12.3 Å². The second-order valence-corrected chi connectivity index (χ2v) is 6.11. The summed E-state index contributed by atoms with van der Waals surface area (Å²) in [6, 6.07) is 2.34. The highest BCUT2D eigenvalue weighted by Crippen LogP contribution is 2.46. The lowest BCUT2D eigenvalue weighted by atomic mass is 9.77. The molecule has 3 rings (SSSR count). The Bertz CT molecular complexity index is 487. The van der Waals surface area contributed by atoms with Crippen LogP contribution >= 0.6 is 12.4 Å². The van der Waals surface area contributed by atoms with Gasteiger partial charge in [-0.15, -0.1) is 12.4 Å². The van der Waals surface area contributed by atoms with Crippen LogP contribution in [0.2, 0.25) is 0 Å². The lowest BCUT2D eigenvalue weighted by molar-refractivity contribution is -0.141. The minimum atomic E-state index is -4.40. The molecule has 1 N–H and O–H groups in total. The fourth-order valence-electron chi connectivity index (χ4n) is 3.48. The van der Waals surface area contributed by atoms with Crippen LogP contribution in [0, 0.1) is 5.41 Å². The van der Waals surface area contributed by atoms with E-state index in [0.717, 1.165) is 51.3 Å². The second-order valence-electron chi connectivity index (χ2n) is 6.11. The topological polar surface area (TPSA) is 34.1 Å². The largest absolute Gasteiger partial charge is 0.489 e. The lowest BCUT2D eigenvalue weighted by Crippen LogP contribution is -2.35. The number of halogens is 4. The Kier molecular flexibility index (Phi) is 5.22. The predicted octanol–water partition coefficient (Wildman–Crippen LogP) is 3.82. The molecule has 1 aromatic heterocycles. The molecule has 3 nitrogen and oxygen atoms in total. The number of nitrogens with one attached hydrogen (secondary N) is 1. The van der Waals surface area contributed by atoms with Gasteiger partial charge in [-0.3, -0.25) is 0 Å². The highest BCUT2D eigenvalue weighted by molar-refractivity contribution is 5.85. The smallest absolute Gasteiger partial charge is 0.433 e. The van der Waals surface area contributed by atoms with Crippen LogP contribution in [-0.4, -0.2) is 24.2 Å². The SMILES string of the molecule is Cl.FC(F)(F)c1ccc(OC2CCC3(CCNCC3)C2)cn1. The molecule has 1 saturated heterocycles. The third kappa shape index (κ3) is 3.84. The molecule has 1 atom stereocenters. The van der Waals surface area contributed by atoms with Crippen molar-refractivity contribution in [1.29, 1.82) is 0 Å². The van der Waals surface area contributed by atoms with Crippen molar-refractivity contribution in [3.8, 4) is 5.75 Å². The Morgan fingerprint density at radius 2 is 1.91 bits per heavy atom. The first kappa shape index (κ1) is 17.3. The van der Waals surface area contributed by atoms with Crippen molar-refractivity contribution in [3.63, 3.8) is 0 Å². The van der Waals surface area contributed by atoms with Gasteiger partial charge in [0.2, 0.25) is 0 Å². The van der Waals surface area contributed by atoms with Gasteiger partial charge in [0.1, 0.15) is 11.4 Å². The minimum absolute atomic E-state index is 0. The number of aromatic nitrogens is 1. The van der Waals surface area contributed by atoms with E-state index in [0.29, 0.717) is 11.2 Å². The van der Waals surface area contributed by atoms with Crippen LogP contribution in [-0.2, 0) is 6.18 Å². The maximum atomic E-state index is 12.5. The summed E-state index contributed by atoms with van der Waals surface area (Å²) in [6.45, 7) is 2.10. The number of pyridine rings is 1. The quantitative estimate of drug-likeness (QED) is 0.891. The number of hydrogen-bond acceptors (Lipinski definition) is 3. The van der Waals surface area contributed by atoms with E-state index < -0.39 is 11.9 Å². The molecule has 7 heteroatoms. The summed E-state index contributed by atoms with van der Waals surface area (Å²) in [5.74, 6) is 0.430. The highest BCUT2D eigenvalue weighted by atomic mass is 35.5. The maximum Gasteiger partial charge on any atom is 0.433 e. The normalized spacial score (nSPS) is 24.0. The molecule has 1 saturated carbocycles. The summed E-state index contributed by atoms with van der Waals surface area (Å²) < 4.78 is 43.2. The molecule has 2 aliphatic rings. The molecule has 1 aliphatic carbocycles. The summed E-state index contributed by atoms with van der Waals surface area (Å²) in [5.41, 5.74) is -0.508. The first-order valence-electron chi connectivity index (χ1n) is 7.38. The summed E-state index contributed by atoms with van der Waals surface area (Å²) in [7, 11) is 0. The second kappa shape index (κ2) is 6.62. The average Bonchev–Trinajstić information content (AvgIpc) is 2.82. The van der Waals surface area contributed by atoms with Crippen LogP contribution in [0.1, 0.15) is 37.8 Å². The zero-order valence-corrected chi connectivity index (χ0v) is 13.0. The fourth-order valence-corrected chi connectivity index (χ4v) is 3.48. The van der Waals surface area contributed by atoms with E-state index in [1.165, 1.54) is 12.3 Å². The van der Waals surface area contributed by atoms with Crippen LogP contribution < -0.4 is 10.1 Å². The van der Waals surface area contributed by atoms with Crippen molar-refractivity contribution >= 4 is 12.4 Å². The van der Waals surface area contributed by atoms with Gasteiger partial charge in [0.15, 0.2) is 0 Å². The van der Waals surface area contributed by atoms with Gasteiger partial charge in [0, 0.05) is 0 Å². The molecule has 0 aromatic carbocycles. The molecular weight excluding hydrogens is 317 g/mol. The molecule has 124 valence electrons. The van der Waals surface area contributed by atoms with Crippen LogP contribution in [0.5, 0.6) is 5.75 Å². The molecular formula is C15H20ClF3N2O. The van der Waals surface area contributed by atoms with Gasteiger partial charge in [-0.05, 0) is 62.7 Å². The number of alkyl halides is 3. The van der Waals surface area contributed by atoms with Gasteiger partial charge in [-0.1, -0.05) is 0 Å². The molecule has 1 aromatic rings. The summed E-state index contributed by atoms with van der Waals surface area (Å²) in [6.07, 6.45) is 2.32. The number of nitrogens with zero attached hydrogens (tertiary/aromatic N) is 1. The average molecular weight is 337 g/mol. The molecule has 2 heterocycles. The number of hydrogen-bond donors (Lipinski definition) is 1. The van der Waals surface area contributed by atoms with Gasteiger partial charge in [-0.25, -0.2) is 4.98 Å². The van der Waals surface area contributed by atoms with Crippen molar-refractivity contribution in [3.05, 3.63) is 24.0 Å². The monoisotopic (exact) mass is 336 g/mol. The zero-order valence-electron chi connectivity index (χ0n) is 12.2. The first-order valence-corrected chi connectivity index (χ1v) is 7.38. The van der Waals surface area contributed by atoms with Gasteiger partial charge < -0.3 is 10.1 Å². The Balaban J connectivity index is 0.00000176. The van der Waals surface area contributed by atoms with Crippen LogP contribution in [0.15, 0.2) is 18.3 Å². The molecule has 1 aliphatic heterocycles. The van der Waals surface area contributed by atoms with E-state index in [2.05, 4.69) is 10.3 Å². The minimum Gasteiger partial charge on any atom is -0.489 e. The number of piperidine rings is 1. The molecule has 1 unspecified atom stereocenters. The van der Waals surface area contributed by atoms with E-state index >= 15 is 0 Å². The Hall–Kier alpha value is -1.01.